The second-order valence-electron chi connectivity index (χ2n) is 6.72. The topological polar surface area (TPSA) is 0 Å². The summed E-state index contributed by atoms with van der Waals surface area (Å²) in [4.78, 5) is 0. The maximum atomic E-state index is 2.36. The highest BCUT2D eigenvalue weighted by Gasteiger charge is 2.18. The summed E-state index contributed by atoms with van der Waals surface area (Å²) in [6.07, 6.45) is 5.76. The molecule has 0 saturated carbocycles. The smallest absolute Gasteiger partial charge is 0.0164 e. The van der Waals surface area contributed by atoms with Crippen molar-refractivity contribution >= 4 is 27.6 Å². The molecule has 0 heteroatoms. The normalized spacial score (nSPS) is 13.2. The maximum Gasteiger partial charge on any atom is 0.0164 e. The molecular weight excluding hydrogens is 300 g/mol. The van der Waals surface area contributed by atoms with Gasteiger partial charge in [0.1, 0.15) is 0 Å². The lowest BCUT2D eigenvalue weighted by Gasteiger charge is -2.15. The van der Waals surface area contributed by atoms with Crippen LogP contribution in [0.5, 0.6) is 0 Å². The van der Waals surface area contributed by atoms with Crippen molar-refractivity contribution in [3.8, 4) is 11.1 Å². The molecule has 5 rings (SSSR count). The SMILES string of the molecule is CCC1=Cc2c(cccc2-c2c3ccccc3cc3ccccc23)[CH]1. The van der Waals surface area contributed by atoms with E-state index in [1.807, 2.05) is 0 Å². The van der Waals surface area contributed by atoms with Gasteiger partial charge in [0.15, 0.2) is 0 Å². The average Bonchev–Trinajstić information content (AvgIpc) is 3.10. The Labute approximate surface area is 148 Å². The van der Waals surface area contributed by atoms with Crippen LogP contribution in [0.25, 0.3) is 38.7 Å². The summed E-state index contributed by atoms with van der Waals surface area (Å²) in [5.41, 5.74) is 6.80. The fraction of sp³-hybridized carbons (Fsp3) is 0.0800. The van der Waals surface area contributed by atoms with Gasteiger partial charge in [-0.2, -0.15) is 0 Å². The molecule has 0 aliphatic heterocycles. The van der Waals surface area contributed by atoms with Crippen LogP contribution in [0.1, 0.15) is 24.5 Å². The Hall–Kier alpha value is -2.86. The molecule has 0 unspecified atom stereocenters. The van der Waals surface area contributed by atoms with E-state index in [0.29, 0.717) is 0 Å². The van der Waals surface area contributed by atoms with Crippen molar-refractivity contribution in [3.05, 3.63) is 95.9 Å². The third kappa shape index (κ3) is 2.21. The zero-order valence-corrected chi connectivity index (χ0v) is 14.3. The second kappa shape index (κ2) is 5.60. The van der Waals surface area contributed by atoms with Gasteiger partial charge >= 0.3 is 0 Å². The summed E-state index contributed by atoms with van der Waals surface area (Å²) < 4.78 is 0. The molecule has 25 heavy (non-hydrogen) atoms. The first-order valence-electron chi connectivity index (χ1n) is 8.94. The van der Waals surface area contributed by atoms with Gasteiger partial charge in [-0.05, 0) is 56.3 Å². The lowest BCUT2D eigenvalue weighted by Crippen LogP contribution is -1.90. The summed E-state index contributed by atoms with van der Waals surface area (Å²) >= 11 is 0. The maximum absolute atomic E-state index is 2.36. The van der Waals surface area contributed by atoms with Crippen molar-refractivity contribution in [2.24, 2.45) is 0 Å². The zero-order valence-electron chi connectivity index (χ0n) is 14.3. The largest absolute Gasteiger partial charge is 0.0616 e. The molecule has 0 nitrogen and oxygen atoms in total. The summed E-state index contributed by atoms with van der Waals surface area (Å²) in [7, 11) is 0. The predicted molar refractivity (Wildman–Crippen MR) is 109 cm³/mol. The number of hydrogen-bond donors (Lipinski definition) is 0. The predicted octanol–water partition coefficient (Wildman–Crippen LogP) is 7.02. The van der Waals surface area contributed by atoms with Crippen LogP contribution in [-0.2, 0) is 0 Å². The Morgan fingerprint density at radius 1 is 0.720 bits per heavy atom. The molecule has 0 atom stereocenters. The molecule has 1 aliphatic carbocycles. The van der Waals surface area contributed by atoms with E-state index in [2.05, 4.69) is 92.2 Å². The molecule has 1 radical (unpaired) electrons. The third-order valence-electron chi connectivity index (χ3n) is 5.26. The highest BCUT2D eigenvalue weighted by Crippen LogP contribution is 2.42. The van der Waals surface area contributed by atoms with Gasteiger partial charge < -0.3 is 0 Å². The standard InChI is InChI=1S/C25H19/c1-2-17-14-18-10-7-13-23(24(18)15-17)25-21-11-5-3-8-19(21)16-20-9-4-6-12-22(20)25/h3-16H,2H2,1H3. The van der Waals surface area contributed by atoms with E-state index >= 15 is 0 Å². The Morgan fingerprint density at radius 3 is 2.08 bits per heavy atom. The van der Waals surface area contributed by atoms with Crippen LogP contribution in [0, 0.1) is 6.42 Å². The molecular formula is C25H19. The van der Waals surface area contributed by atoms with Crippen LogP contribution in [0.2, 0.25) is 0 Å². The van der Waals surface area contributed by atoms with E-state index in [1.54, 1.807) is 0 Å². The first-order chi connectivity index (χ1) is 12.3. The summed E-state index contributed by atoms with van der Waals surface area (Å²) in [6, 6.07) is 26.5. The number of rotatable bonds is 2. The van der Waals surface area contributed by atoms with Crippen LogP contribution in [0.3, 0.4) is 0 Å². The molecule has 0 heterocycles. The Balaban J connectivity index is 1.93. The number of fused-ring (bicyclic) bond motifs is 3. The molecule has 119 valence electrons. The van der Waals surface area contributed by atoms with E-state index in [4.69, 9.17) is 0 Å². The molecule has 4 aromatic rings. The van der Waals surface area contributed by atoms with Gasteiger partial charge in [0.2, 0.25) is 0 Å². The Morgan fingerprint density at radius 2 is 1.40 bits per heavy atom. The van der Waals surface area contributed by atoms with Crippen molar-refractivity contribution in [3.63, 3.8) is 0 Å². The van der Waals surface area contributed by atoms with Gasteiger partial charge in [-0.1, -0.05) is 85.3 Å². The van der Waals surface area contributed by atoms with Gasteiger partial charge in [-0.3, -0.25) is 0 Å². The van der Waals surface area contributed by atoms with Crippen molar-refractivity contribution in [1.82, 2.24) is 0 Å². The number of hydrogen-bond acceptors (Lipinski definition) is 0. The number of benzene rings is 4. The molecule has 0 bridgehead atoms. The molecule has 0 N–H and O–H groups in total. The fourth-order valence-corrected chi connectivity index (χ4v) is 4.02. The summed E-state index contributed by atoms with van der Waals surface area (Å²) in [6.45, 7) is 2.22. The van der Waals surface area contributed by atoms with Crippen LogP contribution in [0.15, 0.2) is 78.4 Å². The van der Waals surface area contributed by atoms with Gasteiger partial charge in [-0.25, -0.2) is 0 Å². The number of allylic oxidation sites excluding steroid dienone is 1. The minimum atomic E-state index is 1.07. The average molecular weight is 319 g/mol. The van der Waals surface area contributed by atoms with Crippen LogP contribution in [0.4, 0.5) is 0 Å². The highest BCUT2D eigenvalue weighted by atomic mass is 14.2. The highest BCUT2D eigenvalue weighted by molar-refractivity contribution is 6.14. The lowest BCUT2D eigenvalue weighted by atomic mass is 9.89. The fourth-order valence-electron chi connectivity index (χ4n) is 4.02. The molecule has 0 amide bonds. The van der Waals surface area contributed by atoms with Gasteiger partial charge in [0.05, 0.1) is 0 Å². The Kier molecular flexibility index (Phi) is 3.24. The first kappa shape index (κ1) is 14.5. The summed E-state index contributed by atoms with van der Waals surface area (Å²) in [5.74, 6) is 0. The molecule has 0 fully saturated rings. The van der Waals surface area contributed by atoms with E-state index < -0.39 is 0 Å². The van der Waals surface area contributed by atoms with Crippen molar-refractivity contribution in [1.29, 1.82) is 0 Å². The summed E-state index contributed by atoms with van der Waals surface area (Å²) in [5, 5.41) is 5.26. The monoisotopic (exact) mass is 319 g/mol. The lowest BCUT2D eigenvalue weighted by molar-refractivity contribution is 1.14. The van der Waals surface area contributed by atoms with Crippen molar-refractivity contribution in [2.75, 3.05) is 0 Å². The van der Waals surface area contributed by atoms with Gasteiger partial charge in [0, 0.05) is 6.42 Å². The minimum absolute atomic E-state index is 1.07. The van der Waals surface area contributed by atoms with E-state index in [1.165, 1.54) is 49.4 Å². The quantitative estimate of drug-likeness (QED) is 0.348. The first-order valence-corrected chi connectivity index (χ1v) is 8.94. The van der Waals surface area contributed by atoms with Crippen molar-refractivity contribution < 1.29 is 0 Å². The van der Waals surface area contributed by atoms with Gasteiger partial charge in [-0.15, -0.1) is 0 Å². The Bertz CT molecular complexity index is 1090. The van der Waals surface area contributed by atoms with Crippen LogP contribution in [-0.4, -0.2) is 0 Å². The van der Waals surface area contributed by atoms with E-state index in [0.717, 1.165) is 6.42 Å². The van der Waals surface area contributed by atoms with Crippen LogP contribution >= 0.6 is 0 Å². The molecule has 4 aromatic carbocycles. The minimum Gasteiger partial charge on any atom is -0.0616 e. The second-order valence-corrected chi connectivity index (χ2v) is 6.72. The zero-order chi connectivity index (χ0) is 16.8. The van der Waals surface area contributed by atoms with Crippen LogP contribution < -0.4 is 0 Å². The van der Waals surface area contributed by atoms with E-state index in [9.17, 15) is 0 Å². The van der Waals surface area contributed by atoms with E-state index in [-0.39, 0.29) is 0 Å². The van der Waals surface area contributed by atoms with Crippen molar-refractivity contribution in [2.45, 2.75) is 13.3 Å². The molecule has 0 saturated heterocycles. The third-order valence-corrected chi connectivity index (χ3v) is 5.26. The molecule has 1 aliphatic rings. The van der Waals surface area contributed by atoms with Gasteiger partial charge in [0.25, 0.3) is 0 Å². The molecule has 0 spiro atoms. The molecule has 0 aromatic heterocycles.